The summed E-state index contributed by atoms with van der Waals surface area (Å²) < 4.78 is 1.97. The first kappa shape index (κ1) is 11.9. The molecule has 1 heterocycles. The summed E-state index contributed by atoms with van der Waals surface area (Å²) in [6.07, 6.45) is 6.08. The molecule has 0 aliphatic rings. The minimum Gasteiger partial charge on any atom is -0.324 e. The largest absolute Gasteiger partial charge is 0.324 e. The van der Waals surface area contributed by atoms with Crippen LogP contribution in [0, 0.1) is 0 Å². The number of nitrogens with two attached hydrogens (primary N) is 1. The Labute approximate surface area is 102 Å². The van der Waals surface area contributed by atoms with Crippen molar-refractivity contribution in [3.63, 3.8) is 0 Å². The monoisotopic (exact) mass is 229 g/mol. The van der Waals surface area contributed by atoms with E-state index in [1.807, 2.05) is 30.1 Å². The van der Waals surface area contributed by atoms with Crippen LogP contribution in [0.25, 0.3) is 0 Å². The molecule has 2 rings (SSSR count). The van der Waals surface area contributed by atoms with E-state index in [1.165, 1.54) is 5.56 Å². The van der Waals surface area contributed by atoms with Gasteiger partial charge in [-0.3, -0.25) is 4.68 Å². The van der Waals surface area contributed by atoms with Gasteiger partial charge in [-0.1, -0.05) is 30.3 Å². The van der Waals surface area contributed by atoms with Crippen molar-refractivity contribution in [2.24, 2.45) is 5.73 Å². The lowest BCUT2D eigenvalue weighted by molar-refractivity contribution is 0.578. The van der Waals surface area contributed by atoms with E-state index >= 15 is 0 Å². The first-order valence-electron chi connectivity index (χ1n) is 6.07. The Hall–Kier alpha value is -1.61. The number of aromatic nitrogens is 2. The molecule has 0 aliphatic carbocycles. The molecule has 0 amide bonds. The van der Waals surface area contributed by atoms with Crippen LogP contribution in [0.15, 0.2) is 42.7 Å². The highest BCUT2D eigenvalue weighted by Crippen LogP contribution is 2.08. The van der Waals surface area contributed by atoms with Crippen LogP contribution < -0.4 is 5.73 Å². The van der Waals surface area contributed by atoms with Crippen LogP contribution in [0.4, 0.5) is 0 Å². The Morgan fingerprint density at radius 3 is 2.71 bits per heavy atom. The van der Waals surface area contributed by atoms with Crippen molar-refractivity contribution in [3.8, 4) is 0 Å². The van der Waals surface area contributed by atoms with Gasteiger partial charge in [0.05, 0.1) is 6.20 Å². The molecule has 3 nitrogen and oxygen atoms in total. The standard InChI is InChI=1S/C14H19N3/c1-12(15)14-10-16-17(11-14)9-5-8-13-6-3-2-4-7-13/h2-4,6-7,10-12H,5,8-9,15H2,1H3/t12-/m1/s1. The highest BCUT2D eigenvalue weighted by Gasteiger charge is 2.02. The van der Waals surface area contributed by atoms with Gasteiger partial charge in [0, 0.05) is 24.3 Å². The fourth-order valence-corrected chi connectivity index (χ4v) is 1.83. The molecule has 0 spiro atoms. The van der Waals surface area contributed by atoms with Crippen LogP contribution in [0.5, 0.6) is 0 Å². The quantitative estimate of drug-likeness (QED) is 0.856. The summed E-state index contributed by atoms with van der Waals surface area (Å²) in [6, 6.07) is 10.6. The first-order chi connectivity index (χ1) is 8.25. The van der Waals surface area contributed by atoms with E-state index in [4.69, 9.17) is 5.73 Å². The van der Waals surface area contributed by atoms with E-state index in [-0.39, 0.29) is 6.04 Å². The molecule has 1 aromatic heterocycles. The van der Waals surface area contributed by atoms with Crippen LogP contribution >= 0.6 is 0 Å². The zero-order chi connectivity index (χ0) is 12.1. The maximum Gasteiger partial charge on any atom is 0.0537 e. The second-order valence-electron chi connectivity index (χ2n) is 4.41. The summed E-state index contributed by atoms with van der Waals surface area (Å²) in [5.74, 6) is 0. The molecule has 0 radical (unpaired) electrons. The predicted octanol–water partition coefficient (Wildman–Crippen LogP) is 2.54. The van der Waals surface area contributed by atoms with E-state index in [0.29, 0.717) is 0 Å². The molecular formula is C14H19N3. The van der Waals surface area contributed by atoms with Crippen LogP contribution in [0.2, 0.25) is 0 Å². The number of rotatable bonds is 5. The summed E-state index contributed by atoms with van der Waals surface area (Å²) >= 11 is 0. The van der Waals surface area contributed by atoms with Crippen molar-refractivity contribution in [2.45, 2.75) is 32.4 Å². The highest BCUT2D eigenvalue weighted by atomic mass is 15.3. The third-order valence-electron chi connectivity index (χ3n) is 2.87. The van der Waals surface area contributed by atoms with Crippen molar-refractivity contribution in [1.29, 1.82) is 0 Å². The number of aryl methyl sites for hydroxylation is 2. The molecule has 0 saturated heterocycles. The third kappa shape index (κ3) is 3.43. The van der Waals surface area contributed by atoms with Crippen molar-refractivity contribution in [1.82, 2.24) is 9.78 Å². The molecule has 17 heavy (non-hydrogen) atoms. The Balaban J connectivity index is 1.82. The molecule has 0 unspecified atom stereocenters. The maximum atomic E-state index is 5.79. The summed E-state index contributed by atoms with van der Waals surface area (Å²) in [6.45, 7) is 2.92. The molecule has 2 aromatic rings. The van der Waals surface area contributed by atoms with Crippen molar-refractivity contribution in [2.75, 3.05) is 0 Å². The van der Waals surface area contributed by atoms with Crippen LogP contribution in [-0.4, -0.2) is 9.78 Å². The second kappa shape index (κ2) is 5.64. The topological polar surface area (TPSA) is 43.8 Å². The van der Waals surface area contributed by atoms with E-state index < -0.39 is 0 Å². The van der Waals surface area contributed by atoms with Crippen molar-refractivity contribution >= 4 is 0 Å². The molecular weight excluding hydrogens is 210 g/mol. The lowest BCUT2D eigenvalue weighted by atomic mass is 10.1. The summed E-state index contributed by atoms with van der Waals surface area (Å²) in [5, 5.41) is 4.31. The van der Waals surface area contributed by atoms with Gasteiger partial charge in [0.2, 0.25) is 0 Å². The summed E-state index contributed by atoms with van der Waals surface area (Å²) in [7, 11) is 0. The summed E-state index contributed by atoms with van der Waals surface area (Å²) in [4.78, 5) is 0. The van der Waals surface area contributed by atoms with Gasteiger partial charge in [-0.15, -0.1) is 0 Å². The fourth-order valence-electron chi connectivity index (χ4n) is 1.83. The van der Waals surface area contributed by atoms with E-state index in [0.717, 1.165) is 24.9 Å². The van der Waals surface area contributed by atoms with Gasteiger partial charge in [0.25, 0.3) is 0 Å². The van der Waals surface area contributed by atoms with Crippen molar-refractivity contribution in [3.05, 3.63) is 53.9 Å². The zero-order valence-electron chi connectivity index (χ0n) is 10.2. The van der Waals surface area contributed by atoms with Gasteiger partial charge < -0.3 is 5.73 Å². The van der Waals surface area contributed by atoms with Gasteiger partial charge in [-0.25, -0.2) is 0 Å². The molecule has 90 valence electrons. The third-order valence-corrected chi connectivity index (χ3v) is 2.87. The van der Waals surface area contributed by atoms with E-state index in [2.05, 4.69) is 29.4 Å². The Bertz CT molecular complexity index is 446. The van der Waals surface area contributed by atoms with E-state index in [9.17, 15) is 0 Å². The predicted molar refractivity (Wildman–Crippen MR) is 69.6 cm³/mol. The smallest absolute Gasteiger partial charge is 0.0537 e. The Kier molecular flexibility index (Phi) is 3.94. The molecule has 2 N–H and O–H groups in total. The lowest BCUT2D eigenvalue weighted by Crippen LogP contribution is -2.04. The Morgan fingerprint density at radius 2 is 2.06 bits per heavy atom. The van der Waals surface area contributed by atoms with Crippen LogP contribution in [0.3, 0.4) is 0 Å². The van der Waals surface area contributed by atoms with Gasteiger partial charge >= 0.3 is 0 Å². The number of hydrogen-bond donors (Lipinski definition) is 1. The lowest BCUT2D eigenvalue weighted by Gasteiger charge is -2.02. The number of nitrogens with zero attached hydrogens (tertiary/aromatic N) is 2. The van der Waals surface area contributed by atoms with Gasteiger partial charge in [-0.05, 0) is 25.3 Å². The molecule has 0 bridgehead atoms. The average Bonchev–Trinajstić information content (AvgIpc) is 2.79. The molecule has 0 saturated carbocycles. The zero-order valence-corrected chi connectivity index (χ0v) is 10.2. The molecule has 0 aliphatic heterocycles. The van der Waals surface area contributed by atoms with E-state index in [1.54, 1.807) is 0 Å². The van der Waals surface area contributed by atoms with Gasteiger partial charge in [0.15, 0.2) is 0 Å². The molecule has 1 aromatic carbocycles. The van der Waals surface area contributed by atoms with Crippen molar-refractivity contribution < 1.29 is 0 Å². The SMILES string of the molecule is C[C@@H](N)c1cnn(CCCc2ccccc2)c1. The highest BCUT2D eigenvalue weighted by molar-refractivity contribution is 5.14. The Morgan fingerprint density at radius 1 is 1.29 bits per heavy atom. The number of hydrogen-bond acceptors (Lipinski definition) is 2. The van der Waals surface area contributed by atoms with Crippen LogP contribution in [0.1, 0.15) is 30.5 Å². The van der Waals surface area contributed by atoms with Gasteiger partial charge in [0.1, 0.15) is 0 Å². The minimum atomic E-state index is 0.0675. The minimum absolute atomic E-state index is 0.0675. The maximum absolute atomic E-state index is 5.79. The first-order valence-corrected chi connectivity index (χ1v) is 6.07. The molecule has 1 atom stereocenters. The normalized spacial score (nSPS) is 12.6. The second-order valence-corrected chi connectivity index (χ2v) is 4.41. The summed E-state index contributed by atoms with van der Waals surface area (Å²) in [5.41, 5.74) is 8.28. The number of benzene rings is 1. The van der Waals surface area contributed by atoms with Crippen LogP contribution in [-0.2, 0) is 13.0 Å². The molecule has 0 fully saturated rings. The fraction of sp³-hybridized carbons (Fsp3) is 0.357. The average molecular weight is 229 g/mol. The molecule has 3 heteroatoms. The van der Waals surface area contributed by atoms with Gasteiger partial charge in [-0.2, -0.15) is 5.10 Å².